The van der Waals surface area contributed by atoms with Gasteiger partial charge in [0.1, 0.15) is 6.10 Å². The molecule has 0 fully saturated rings. The molecule has 0 aliphatic rings. The molecule has 0 rings (SSSR count). The van der Waals surface area contributed by atoms with Gasteiger partial charge in [-0.2, -0.15) is 12.6 Å². The second kappa shape index (κ2) is 5.46. The van der Waals surface area contributed by atoms with Crippen LogP contribution in [0.25, 0.3) is 0 Å². The zero-order valence-corrected chi connectivity index (χ0v) is 9.10. The Balaban J connectivity index is 3.68. The van der Waals surface area contributed by atoms with Gasteiger partial charge in [-0.15, -0.1) is 0 Å². The molecular weight excluding hydrogens is 172 g/mol. The van der Waals surface area contributed by atoms with Crippen molar-refractivity contribution in [3.05, 3.63) is 0 Å². The van der Waals surface area contributed by atoms with Gasteiger partial charge < -0.3 is 4.74 Å². The second-order valence-electron chi connectivity index (χ2n) is 3.47. The standard InChI is InChI=1S/C9H18O2S/c1-6(2)9(12)5-7(3)11-8(4)10/h6-7,9,12H,5H2,1-4H3. The highest BCUT2D eigenvalue weighted by Gasteiger charge is 2.14. The molecule has 2 atom stereocenters. The van der Waals surface area contributed by atoms with E-state index < -0.39 is 0 Å². The van der Waals surface area contributed by atoms with Crippen LogP contribution < -0.4 is 0 Å². The van der Waals surface area contributed by atoms with Gasteiger partial charge in [0.15, 0.2) is 0 Å². The number of carbonyl (C=O) groups is 1. The Morgan fingerprint density at radius 2 is 1.92 bits per heavy atom. The monoisotopic (exact) mass is 190 g/mol. The molecule has 0 N–H and O–H groups in total. The summed E-state index contributed by atoms with van der Waals surface area (Å²) in [7, 11) is 0. The van der Waals surface area contributed by atoms with Crippen molar-refractivity contribution in [2.24, 2.45) is 5.92 Å². The summed E-state index contributed by atoms with van der Waals surface area (Å²) in [5.41, 5.74) is 0. The average molecular weight is 190 g/mol. The van der Waals surface area contributed by atoms with E-state index in [0.717, 1.165) is 6.42 Å². The summed E-state index contributed by atoms with van der Waals surface area (Å²) >= 11 is 4.40. The molecule has 0 aromatic heterocycles. The lowest BCUT2D eigenvalue weighted by Crippen LogP contribution is -2.20. The fourth-order valence-corrected chi connectivity index (χ4v) is 1.24. The molecule has 0 aliphatic heterocycles. The summed E-state index contributed by atoms with van der Waals surface area (Å²) < 4.78 is 4.98. The topological polar surface area (TPSA) is 26.3 Å². The molecule has 0 aromatic rings. The molecule has 0 saturated heterocycles. The minimum Gasteiger partial charge on any atom is -0.463 e. The third kappa shape index (κ3) is 5.47. The van der Waals surface area contributed by atoms with Crippen molar-refractivity contribution in [1.82, 2.24) is 0 Å². The summed E-state index contributed by atoms with van der Waals surface area (Å²) in [6.45, 7) is 7.54. The van der Waals surface area contributed by atoms with E-state index in [9.17, 15) is 4.79 Å². The second-order valence-corrected chi connectivity index (χ2v) is 4.13. The molecule has 2 nitrogen and oxygen atoms in total. The fraction of sp³-hybridized carbons (Fsp3) is 0.889. The Kier molecular flexibility index (Phi) is 5.38. The maximum atomic E-state index is 10.6. The minimum atomic E-state index is -0.216. The number of hydrogen-bond donors (Lipinski definition) is 1. The molecule has 0 amide bonds. The number of rotatable bonds is 4. The molecule has 0 aliphatic carbocycles. The summed E-state index contributed by atoms with van der Waals surface area (Å²) in [5.74, 6) is 0.304. The van der Waals surface area contributed by atoms with Gasteiger partial charge in [0.25, 0.3) is 0 Å². The zero-order chi connectivity index (χ0) is 9.72. The zero-order valence-electron chi connectivity index (χ0n) is 8.20. The quantitative estimate of drug-likeness (QED) is 0.544. The van der Waals surface area contributed by atoms with E-state index >= 15 is 0 Å². The van der Waals surface area contributed by atoms with Crippen LogP contribution in [0, 0.1) is 5.92 Å². The Bertz CT molecular complexity index is 145. The molecule has 2 unspecified atom stereocenters. The van der Waals surface area contributed by atoms with Crippen LogP contribution in [0.1, 0.15) is 34.1 Å². The Hall–Kier alpha value is -0.180. The summed E-state index contributed by atoms with van der Waals surface area (Å²) in [6, 6.07) is 0. The maximum absolute atomic E-state index is 10.6. The summed E-state index contributed by atoms with van der Waals surface area (Å²) in [4.78, 5) is 10.6. The van der Waals surface area contributed by atoms with Gasteiger partial charge in [-0.05, 0) is 19.3 Å². The number of esters is 1. The van der Waals surface area contributed by atoms with Gasteiger partial charge in [-0.1, -0.05) is 13.8 Å². The highest BCUT2D eigenvalue weighted by Crippen LogP contribution is 2.16. The molecule has 72 valence electrons. The van der Waals surface area contributed by atoms with Crippen LogP contribution in [-0.4, -0.2) is 17.3 Å². The van der Waals surface area contributed by atoms with E-state index in [1.165, 1.54) is 6.92 Å². The van der Waals surface area contributed by atoms with Crippen molar-refractivity contribution in [3.63, 3.8) is 0 Å². The molecular formula is C9H18O2S. The predicted molar refractivity (Wildman–Crippen MR) is 53.5 cm³/mol. The van der Waals surface area contributed by atoms with Crippen molar-refractivity contribution in [2.45, 2.75) is 45.5 Å². The van der Waals surface area contributed by atoms with Crippen LogP contribution in [0.5, 0.6) is 0 Å². The van der Waals surface area contributed by atoms with Gasteiger partial charge in [0.05, 0.1) is 0 Å². The average Bonchev–Trinajstić information content (AvgIpc) is 1.84. The maximum Gasteiger partial charge on any atom is 0.302 e. The van der Waals surface area contributed by atoms with Crippen LogP contribution in [0.15, 0.2) is 0 Å². The van der Waals surface area contributed by atoms with Crippen LogP contribution in [0.3, 0.4) is 0 Å². The van der Waals surface area contributed by atoms with Crippen molar-refractivity contribution in [3.8, 4) is 0 Å². The molecule has 12 heavy (non-hydrogen) atoms. The molecule has 0 heterocycles. The highest BCUT2D eigenvalue weighted by molar-refractivity contribution is 7.81. The number of ether oxygens (including phenoxy) is 1. The molecule has 0 saturated carbocycles. The van der Waals surface area contributed by atoms with E-state index in [1.54, 1.807) is 0 Å². The van der Waals surface area contributed by atoms with Crippen molar-refractivity contribution in [2.75, 3.05) is 0 Å². The number of hydrogen-bond acceptors (Lipinski definition) is 3. The highest BCUT2D eigenvalue weighted by atomic mass is 32.1. The molecule has 0 aromatic carbocycles. The first-order valence-corrected chi connectivity index (χ1v) is 4.80. The summed E-state index contributed by atoms with van der Waals surface area (Å²) in [5, 5.41) is 0.305. The van der Waals surface area contributed by atoms with E-state index in [2.05, 4.69) is 26.5 Å². The lowest BCUT2D eigenvalue weighted by Gasteiger charge is -2.19. The summed E-state index contributed by atoms with van der Waals surface area (Å²) in [6.07, 6.45) is 0.799. The van der Waals surface area contributed by atoms with Gasteiger partial charge in [0, 0.05) is 12.2 Å². The van der Waals surface area contributed by atoms with Gasteiger partial charge in [0.2, 0.25) is 0 Å². The van der Waals surface area contributed by atoms with Crippen molar-refractivity contribution >= 4 is 18.6 Å². The molecule has 0 bridgehead atoms. The Labute approximate surface area is 80.1 Å². The van der Waals surface area contributed by atoms with Gasteiger partial charge in [-0.3, -0.25) is 4.79 Å². The third-order valence-electron chi connectivity index (χ3n) is 1.71. The number of carbonyl (C=O) groups excluding carboxylic acids is 1. The Morgan fingerprint density at radius 3 is 2.25 bits per heavy atom. The molecule has 0 radical (unpaired) electrons. The third-order valence-corrected chi connectivity index (χ3v) is 2.52. The molecule has 0 spiro atoms. The van der Waals surface area contributed by atoms with Gasteiger partial charge in [-0.25, -0.2) is 0 Å². The van der Waals surface area contributed by atoms with Crippen molar-refractivity contribution < 1.29 is 9.53 Å². The lowest BCUT2D eigenvalue weighted by molar-refractivity contribution is -0.145. The smallest absolute Gasteiger partial charge is 0.302 e. The predicted octanol–water partition coefficient (Wildman–Crippen LogP) is 2.28. The van der Waals surface area contributed by atoms with Crippen LogP contribution in [-0.2, 0) is 9.53 Å². The lowest BCUT2D eigenvalue weighted by atomic mass is 10.1. The minimum absolute atomic E-state index is 0.0209. The largest absolute Gasteiger partial charge is 0.463 e. The molecule has 3 heteroatoms. The van der Waals surface area contributed by atoms with Crippen LogP contribution in [0.4, 0.5) is 0 Å². The van der Waals surface area contributed by atoms with E-state index in [0.29, 0.717) is 11.2 Å². The Morgan fingerprint density at radius 1 is 1.42 bits per heavy atom. The van der Waals surface area contributed by atoms with Crippen LogP contribution >= 0.6 is 12.6 Å². The number of thiol groups is 1. The van der Waals surface area contributed by atoms with E-state index in [-0.39, 0.29) is 12.1 Å². The fourth-order valence-electron chi connectivity index (χ4n) is 0.944. The normalized spacial score (nSPS) is 15.8. The van der Waals surface area contributed by atoms with Crippen molar-refractivity contribution in [1.29, 1.82) is 0 Å². The van der Waals surface area contributed by atoms with Crippen LogP contribution in [0.2, 0.25) is 0 Å². The first-order valence-electron chi connectivity index (χ1n) is 4.28. The first kappa shape index (κ1) is 11.8. The van der Waals surface area contributed by atoms with E-state index in [1.807, 2.05) is 6.92 Å². The first-order chi connectivity index (χ1) is 5.43. The van der Waals surface area contributed by atoms with Gasteiger partial charge >= 0.3 is 5.97 Å². The van der Waals surface area contributed by atoms with E-state index in [4.69, 9.17) is 4.74 Å². The SMILES string of the molecule is CC(=O)OC(C)CC(S)C(C)C.